The van der Waals surface area contributed by atoms with Crippen LogP contribution in [0.5, 0.6) is 0 Å². The molecule has 0 amide bonds. The SMILES string of the molecule is CC1CCC(C(C)C)C(Nc2cnn(C(C)C)c2)C1. The van der Waals surface area contributed by atoms with E-state index >= 15 is 0 Å². The van der Waals surface area contributed by atoms with Crippen molar-refractivity contribution < 1.29 is 0 Å². The lowest BCUT2D eigenvalue weighted by atomic mass is 9.74. The zero-order valence-electron chi connectivity index (χ0n) is 13.1. The lowest BCUT2D eigenvalue weighted by molar-refractivity contribution is 0.212. The maximum atomic E-state index is 4.42. The van der Waals surface area contributed by atoms with Crippen molar-refractivity contribution in [2.75, 3.05) is 5.32 Å². The van der Waals surface area contributed by atoms with Gasteiger partial charge < -0.3 is 5.32 Å². The Bertz CT molecular complexity index is 394. The monoisotopic (exact) mass is 263 g/mol. The molecule has 1 fully saturated rings. The molecule has 3 heteroatoms. The normalized spacial score (nSPS) is 28.1. The Kier molecular flexibility index (Phi) is 4.54. The zero-order chi connectivity index (χ0) is 14.0. The second-order valence-electron chi connectivity index (χ2n) is 6.88. The molecule has 1 heterocycles. The zero-order valence-corrected chi connectivity index (χ0v) is 13.1. The summed E-state index contributed by atoms with van der Waals surface area (Å²) in [6.07, 6.45) is 8.13. The van der Waals surface area contributed by atoms with Crippen molar-refractivity contribution in [1.82, 2.24) is 9.78 Å². The number of anilines is 1. The third kappa shape index (κ3) is 3.52. The number of nitrogens with zero attached hydrogens (tertiary/aromatic N) is 2. The fraction of sp³-hybridized carbons (Fsp3) is 0.812. The third-order valence-corrected chi connectivity index (χ3v) is 4.50. The van der Waals surface area contributed by atoms with Crippen molar-refractivity contribution in [1.29, 1.82) is 0 Å². The van der Waals surface area contributed by atoms with Crippen LogP contribution in [0, 0.1) is 17.8 Å². The molecule has 2 rings (SSSR count). The molecule has 0 radical (unpaired) electrons. The maximum Gasteiger partial charge on any atom is 0.0728 e. The fourth-order valence-corrected chi connectivity index (χ4v) is 3.28. The Labute approximate surface area is 117 Å². The first-order valence-electron chi connectivity index (χ1n) is 7.78. The van der Waals surface area contributed by atoms with Crippen LogP contribution in [0.3, 0.4) is 0 Å². The molecule has 0 aliphatic heterocycles. The summed E-state index contributed by atoms with van der Waals surface area (Å²) in [6.45, 7) is 11.4. The van der Waals surface area contributed by atoms with E-state index in [1.165, 1.54) is 24.9 Å². The van der Waals surface area contributed by atoms with Gasteiger partial charge in [-0.15, -0.1) is 0 Å². The van der Waals surface area contributed by atoms with Gasteiger partial charge in [0.05, 0.1) is 11.9 Å². The minimum Gasteiger partial charge on any atom is -0.379 e. The lowest BCUT2D eigenvalue weighted by Crippen LogP contribution is -2.37. The first-order valence-corrected chi connectivity index (χ1v) is 7.78. The highest BCUT2D eigenvalue weighted by molar-refractivity contribution is 5.39. The smallest absolute Gasteiger partial charge is 0.0728 e. The molecule has 1 aliphatic rings. The summed E-state index contributed by atoms with van der Waals surface area (Å²) >= 11 is 0. The van der Waals surface area contributed by atoms with Crippen molar-refractivity contribution in [3.8, 4) is 0 Å². The van der Waals surface area contributed by atoms with Crippen molar-refractivity contribution in [2.24, 2.45) is 17.8 Å². The molecular formula is C16H29N3. The Morgan fingerprint density at radius 3 is 2.58 bits per heavy atom. The number of nitrogens with one attached hydrogen (secondary N) is 1. The summed E-state index contributed by atoms with van der Waals surface area (Å²) in [7, 11) is 0. The van der Waals surface area contributed by atoms with Crippen LogP contribution in [-0.4, -0.2) is 15.8 Å². The van der Waals surface area contributed by atoms with E-state index in [1.54, 1.807) is 0 Å². The largest absolute Gasteiger partial charge is 0.379 e. The third-order valence-electron chi connectivity index (χ3n) is 4.50. The summed E-state index contributed by atoms with van der Waals surface area (Å²) in [5.74, 6) is 2.39. The minimum atomic E-state index is 0.432. The Balaban J connectivity index is 2.05. The molecule has 0 aromatic carbocycles. The molecule has 3 atom stereocenters. The highest BCUT2D eigenvalue weighted by Crippen LogP contribution is 2.35. The Hall–Kier alpha value is -0.990. The van der Waals surface area contributed by atoms with E-state index < -0.39 is 0 Å². The Morgan fingerprint density at radius 1 is 1.26 bits per heavy atom. The van der Waals surface area contributed by atoms with Gasteiger partial charge in [0.2, 0.25) is 0 Å². The van der Waals surface area contributed by atoms with Gasteiger partial charge in [-0.1, -0.05) is 27.2 Å². The molecule has 1 saturated carbocycles. The molecule has 1 aromatic heterocycles. The molecule has 0 spiro atoms. The topological polar surface area (TPSA) is 29.9 Å². The van der Waals surface area contributed by atoms with Crippen LogP contribution in [0.1, 0.15) is 59.9 Å². The van der Waals surface area contributed by atoms with Crippen LogP contribution in [0.2, 0.25) is 0 Å². The number of hydrogen-bond donors (Lipinski definition) is 1. The van der Waals surface area contributed by atoms with E-state index in [2.05, 4.69) is 51.2 Å². The molecule has 1 aliphatic carbocycles. The maximum absolute atomic E-state index is 4.42. The van der Waals surface area contributed by atoms with Crippen LogP contribution < -0.4 is 5.32 Å². The highest BCUT2D eigenvalue weighted by Gasteiger charge is 2.30. The van der Waals surface area contributed by atoms with E-state index in [0.717, 1.165) is 17.8 Å². The molecular weight excluding hydrogens is 234 g/mol. The molecule has 3 unspecified atom stereocenters. The molecule has 1 aromatic rings. The summed E-state index contributed by atoms with van der Waals surface area (Å²) in [5, 5.41) is 8.16. The average molecular weight is 263 g/mol. The quantitative estimate of drug-likeness (QED) is 0.876. The number of rotatable bonds is 4. The van der Waals surface area contributed by atoms with Crippen LogP contribution >= 0.6 is 0 Å². The van der Waals surface area contributed by atoms with Gasteiger partial charge in [0.15, 0.2) is 0 Å². The minimum absolute atomic E-state index is 0.432. The predicted molar refractivity (Wildman–Crippen MR) is 81.4 cm³/mol. The standard InChI is InChI=1S/C16H29N3/c1-11(2)15-7-6-13(5)8-16(15)18-14-9-17-19(10-14)12(3)4/h9-13,15-16,18H,6-8H2,1-5H3. The van der Waals surface area contributed by atoms with Gasteiger partial charge in [0.25, 0.3) is 0 Å². The lowest BCUT2D eigenvalue weighted by Gasteiger charge is -2.38. The van der Waals surface area contributed by atoms with E-state index in [4.69, 9.17) is 0 Å². The summed E-state index contributed by atoms with van der Waals surface area (Å²) < 4.78 is 2.03. The Morgan fingerprint density at radius 2 is 2.00 bits per heavy atom. The van der Waals surface area contributed by atoms with Crippen molar-refractivity contribution in [3.05, 3.63) is 12.4 Å². The van der Waals surface area contributed by atoms with Gasteiger partial charge in [0, 0.05) is 18.3 Å². The van der Waals surface area contributed by atoms with E-state index in [-0.39, 0.29) is 0 Å². The first kappa shape index (κ1) is 14.4. The molecule has 19 heavy (non-hydrogen) atoms. The molecule has 0 bridgehead atoms. The number of aromatic nitrogens is 2. The van der Waals surface area contributed by atoms with Crippen molar-refractivity contribution in [3.63, 3.8) is 0 Å². The summed E-state index contributed by atoms with van der Waals surface area (Å²) in [4.78, 5) is 0. The second kappa shape index (κ2) is 5.98. The van der Waals surface area contributed by atoms with Crippen molar-refractivity contribution in [2.45, 2.75) is 66.0 Å². The average Bonchev–Trinajstić information content (AvgIpc) is 2.77. The fourth-order valence-electron chi connectivity index (χ4n) is 3.28. The van der Waals surface area contributed by atoms with Crippen LogP contribution in [0.25, 0.3) is 0 Å². The molecule has 3 nitrogen and oxygen atoms in total. The van der Waals surface area contributed by atoms with Crippen LogP contribution in [-0.2, 0) is 0 Å². The predicted octanol–water partition coefficient (Wildman–Crippen LogP) is 4.34. The molecule has 108 valence electrons. The second-order valence-corrected chi connectivity index (χ2v) is 6.88. The van der Waals surface area contributed by atoms with Crippen LogP contribution in [0.4, 0.5) is 5.69 Å². The van der Waals surface area contributed by atoms with Gasteiger partial charge in [-0.05, 0) is 44.4 Å². The number of hydrogen-bond acceptors (Lipinski definition) is 2. The van der Waals surface area contributed by atoms with E-state index in [1.807, 2.05) is 10.9 Å². The summed E-state index contributed by atoms with van der Waals surface area (Å²) in [6, 6.07) is 1.04. The van der Waals surface area contributed by atoms with Gasteiger partial charge in [-0.3, -0.25) is 4.68 Å². The van der Waals surface area contributed by atoms with Gasteiger partial charge >= 0.3 is 0 Å². The molecule has 0 saturated heterocycles. The van der Waals surface area contributed by atoms with E-state index in [0.29, 0.717) is 12.1 Å². The first-order chi connectivity index (χ1) is 8.97. The highest BCUT2D eigenvalue weighted by atomic mass is 15.3. The van der Waals surface area contributed by atoms with Crippen molar-refractivity contribution >= 4 is 5.69 Å². The summed E-state index contributed by atoms with van der Waals surface area (Å²) in [5.41, 5.74) is 1.18. The molecule has 1 N–H and O–H groups in total. The van der Waals surface area contributed by atoms with E-state index in [9.17, 15) is 0 Å². The van der Waals surface area contributed by atoms with Crippen LogP contribution in [0.15, 0.2) is 12.4 Å². The van der Waals surface area contributed by atoms with Gasteiger partial charge in [-0.2, -0.15) is 5.10 Å². The van der Waals surface area contributed by atoms with Gasteiger partial charge in [-0.25, -0.2) is 0 Å². The van der Waals surface area contributed by atoms with Gasteiger partial charge in [0.1, 0.15) is 0 Å².